The van der Waals surface area contributed by atoms with Crippen LogP contribution >= 0.6 is 0 Å². The van der Waals surface area contributed by atoms with Gasteiger partial charge in [-0.25, -0.2) is 0 Å². The van der Waals surface area contributed by atoms with E-state index < -0.39 is 23.8 Å². The van der Waals surface area contributed by atoms with Crippen LogP contribution in [0.15, 0.2) is 18.2 Å². The zero-order valence-corrected chi connectivity index (χ0v) is 15.4. The summed E-state index contributed by atoms with van der Waals surface area (Å²) >= 11 is 0. The molecule has 1 unspecified atom stereocenters. The van der Waals surface area contributed by atoms with E-state index in [9.17, 15) is 19.2 Å². The minimum Gasteiger partial charge on any atom is -0.312 e. The van der Waals surface area contributed by atoms with Crippen LogP contribution in [0, 0.1) is 5.92 Å². The van der Waals surface area contributed by atoms with Crippen molar-refractivity contribution in [3.63, 3.8) is 0 Å². The lowest BCUT2D eigenvalue weighted by molar-refractivity contribution is -0.136. The zero-order chi connectivity index (χ0) is 19.4. The second-order valence-corrected chi connectivity index (χ2v) is 8.09. The van der Waals surface area contributed by atoms with Gasteiger partial charge in [-0.2, -0.15) is 0 Å². The molecule has 0 bridgehead atoms. The summed E-state index contributed by atoms with van der Waals surface area (Å²) in [5, 5.41) is 5.75. The third-order valence-electron chi connectivity index (χ3n) is 6.39. The van der Waals surface area contributed by atoms with Crippen LogP contribution in [0.4, 0.5) is 0 Å². The molecule has 0 aromatic heterocycles. The molecule has 8 nitrogen and oxygen atoms in total. The number of nitrogens with one attached hydrogen (secondary N) is 2. The maximum atomic E-state index is 13.1. The molecule has 8 heteroatoms. The molecule has 4 aliphatic heterocycles. The van der Waals surface area contributed by atoms with Crippen LogP contribution in [-0.2, 0) is 16.1 Å². The summed E-state index contributed by atoms with van der Waals surface area (Å²) in [7, 11) is 0. The maximum absolute atomic E-state index is 13.1. The number of piperidine rings is 1. The first-order valence-corrected chi connectivity index (χ1v) is 9.82. The van der Waals surface area contributed by atoms with Crippen LogP contribution in [0.25, 0.3) is 0 Å². The summed E-state index contributed by atoms with van der Waals surface area (Å²) in [6.07, 6.45) is 1.47. The Kier molecular flexibility index (Phi) is 4.06. The number of imide groups is 2. The third-order valence-corrected chi connectivity index (χ3v) is 6.39. The SMILES string of the molecule is O=C1CCC(N2C(=O)c3cccc(CN4C[C@H]5CCN[C@H]5C4)c3C2=O)C(=O)N1. The number of hydrogen-bond donors (Lipinski definition) is 2. The topological polar surface area (TPSA) is 98.8 Å². The van der Waals surface area contributed by atoms with Gasteiger partial charge in [0.05, 0.1) is 11.1 Å². The predicted octanol–water partition coefficient (Wildman–Crippen LogP) is -0.118. The molecule has 1 aromatic carbocycles. The van der Waals surface area contributed by atoms with Crippen molar-refractivity contribution in [3.8, 4) is 0 Å². The standard InChI is InChI=1S/C20H22N4O4/c25-16-5-4-15(18(26)22-16)24-19(27)13-3-1-2-12(17(13)20(24)28)9-23-8-11-6-7-21-14(11)10-23/h1-3,11,14-15,21H,4-10H2,(H,22,25,26)/t11-,14+,15?/m1/s1. The van der Waals surface area contributed by atoms with E-state index in [0.29, 0.717) is 29.6 Å². The van der Waals surface area contributed by atoms with Gasteiger partial charge in [0, 0.05) is 32.1 Å². The first-order chi connectivity index (χ1) is 13.5. The second-order valence-electron chi connectivity index (χ2n) is 8.09. The molecule has 0 radical (unpaired) electrons. The Labute approximate surface area is 162 Å². The first-order valence-electron chi connectivity index (χ1n) is 9.82. The highest BCUT2D eigenvalue weighted by Gasteiger charge is 2.46. The lowest BCUT2D eigenvalue weighted by Gasteiger charge is -2.28. The Morgan fingerprint density at radius 3 is 2.68 bits per heavy atom. The van der Waals surface area contributed by atoms with Crippen molar-refractivity contribution < 1.29 is 19.2 Å². The molecule has 3 fully saturated rings. The van der Waals surface area contributed by atoms with Crippen molar-refractivity contribution in [1.29, 1.82) is 0 Å². The Balaban J connectivity index is 1.40. The van der Waals surface area contributed by atoms with Gasteiger partial charge in [0.1, 0.15) is 6.04 Å². The third kappa shape index (κ3) is 2.67. The fourth-order valence-electron chi connectivity index (χ4n) is 5.03. The Morgan fingerprint density at radius 2 is 1.89 bits per heavy atom. The molecule has 2 N–H and O–H groups in total. The molecule has 28 heavy (non-hydrogen) atoms. The Bertz CT molecular complexity index is 886. The van der Waals surface area contributed by atoms with Gasteiger partial charge in [0.25, 0.3) is 11.8 Å². The fraction of sp³-hybridized carbons (Fsp3) is 0.500. The molecular weight excluding hydrogens is 360 g/mol. The first kappa shape index (κ1) is 17.5. The van der Waals surface area contributed by atoms with Crippen LogP contribution in [0.5, 0.6) is 0 Å². The van der Waals surface area contributed by atoms with Crippen LogP contribution in [0.3, 0.4) is 0 Å². The number of likely N-dealkylation sites (tertiary alicyclic amines) is 1. The summed E-state index contributed by atoms with van der Waals surface area (Å²) in [5.74, 6) is -1.18. The van der Waals surface area contributed by atoms with Crippen molar-refractivity contribution in [2.24, 2.45) is 5.92 Å². The van der Waals surface area contributed by atoms with Crippen LogP contribution < -0.4 is 10.6 Å². The smallest absolute Gasteiger partial charge is 0.262 e. The van der Waals surface area contributed by atoms with Gasteiger partial charge >= 0.3 is 0 Å². The van der Waals surface area contributed by atoms with Gasteiger partial charge < -0.3 is 5.32 Å². The average molecular weight is 382 g/mol. The van der Waals surface area contributed by atoms with Crippen LogP contribution in [-0.4, -0.2) is 65.1 Å². The summed E-state index contributed by atoms with van der Waals surface area (Å²) in [6.45, 7) is 3.60. The summed E-state index contributed by atoms with van der Waals surface area (Å²) in [5.41, 5.74) is 1.58. The van der Waals surface area contributed by atoms with Crippen molar-refractivity contribution in [1.82, 2.24) is 20.4 Å². The normalized spacial score (nSPS) is 30.0. The zero-order valence-electron chi connectivity index (χ0n) is 15.4. The molecule has 0 aliphatic carbocycles. The molecule has 4 aliphatic rings. The molecule has 1 aromatic rings. The molecule has 4 heterocycles. The lowest BCUT2D eigenvalue weighted by Crippen LogP contribution is -2.54. The number of carbonyl (C=O) groups is 4. The van der Waals surface area contributed by atoms with Gasteiger partial charge in [-0.05, 0) is 36.9 Å². The minimum atomic E-state index is -0.923. The molecule has 3 saturated heterocycles. The van der Waals surface area contributed by atoms with Gasteiger partial charge in [-0.1, -0.05) is 12.1 Å². The highest BCUT2D eigenvalue weighted by atomic mass is 16.2. The van der Waals surface area contributed by atoms with E-state index in [2.05, 4.69) is 15.5 Å². The summed E-state index contributed by atoms with van der Waals surface area (Å²) in [4.78, 5) is 53.0. The molecular formula is C20H22N4O4. The molecule has 4 amide bonds. The van der Waals surface area contributed by atoms with Gasteiger partial charge in [0.2, 0.25) is 11.8 Å². The number of nitrogens with zero attached hydrogens (tertiary/aromatic N) is 2. The average Bonchev–Trinajstić information content (AvgIpc) is 3.30. The molecule has 146 valence electrons. The number of benzene rings is 1. The summed E-state index contributed by atoms with van der Waals surface area (Å²) < 4.78 is 0. The fourth-order valence-corrected chi connectivity index (χ4v) is 5.03. The number of amides is 4. The van der Waals surface area contributed by atoms with E-state index >= 15 is 0 Å². The largest absolute Gasteiger partial charge is 0.312 e. The monoisotopic (exact) mass is 382 g/mol. The van der Waals surface area contributed by atoms with E-state index in [1.54, 1.807) is 12.1 Å². The minimum absolute atomic E-state index is 0.125. The van der Waals surface area contributed by atoms with Gasteiger partial charge in [0.15, 0.2) is 0 Å². The van der Waals surface area contributed by atoms with Crippen molar-refractivity contribution in [2.45, 2.75) is 37.9 Å². The molecule has 0 spiro atoms. The summed E-state index contributed by atoms with van der Waals surface area (Å²) in [6, 6.07) is 4.91. The number of fused-ring (bicyclic) bond motifs is 2. The molecule has 0 saturated carbocycles. The van der Waals surface area contributed by atoms with E-state index in [1.807, 2.05) is 6.07 Å². The van der Waals surface area contributed by atoms with Crippen molar-refractivity contribution in [3.05, 3.63) is 34.9 Å². The Morgan fingerprint density at radius 1 is 1.04 bits per heavy atom. The molecule has 5 rings (SSSR count). The number of carbonyl (C=O) groups excluding carboxylic acids is 4. The van der Waals surface area contributed by atoms with E-state index in [4.69, 9.17) is 0 Å². The van der Waals surface area contributed by atoms with Crippen LogP contribution in [0.1, 0.15) is 45.5 Å². The Hall–Kier alpha value is -2.58. The quantitative estimate of drug-likeness (QED) is 0.708. The van der Waals surface area contributed by atoms with Gasteiger partial charge in [-0.3, -0.25) is 34.3 Å². The van der Waals surface area contributed by atoms with Gasteiger partial charge in [-0.15, -0.1) is 0 Å². The highest BCUT2D eigenvalue weighted by molar-refractivity contribution is 6.24. The lowest BCUT2D eigenvalue weighted by atomic mass is 10.0. The van der Waals surface area contributed by atoms with Crippen molar-refractivity contribution in [2.75, 3.05) is 19.6 Å². The predicted molar refractivity (Wildman–Crippen MR) is 98.3 cm³/mol. The maximum Gasteiger partial charge on any atom is 0.262 e. The van der Waals surface area contributed by atoms with Crippen molar-refractivity contribution >= 4 is 23.6 Å². The number of hydrogen-bond acceptors (Lipinski definition) is 6. The van der Waals surface area contributed by atoms with Crippen LogP contribution in [0.2, 0.25) is 0 Å². The van der Waals surface area contributed by atoms with E-state index in [-0.39, 0.29) is 18.7 Å². The molecule has 3 atom stereocenters. The van der Waals surface area contributed by atoms with E-state index in [0.717, 1.165) is 30.1 Å². The second kappa shape index (κ2) is 6.49. The number of rotatable bonds is 3. The van der Waals surface area contributed by atoms with E-state index in [1.165, 1.54) is 6.42 Å². The highest BCUT2D eigenvalue weighted by Crippen LogP contribution is 2.32.